The van der Waals surface area contributed by atoms with Crippen LogP contribution < -0.4 is 5.73 Å². The standard InChI is InChI=1S/C14H17NO3/c1-8-4-5-12-10(6-8)9(2)13(18-12)7-11(15)14(16)17-3/h4-6,11H,7,15H2,1-3H3. The third-order valence-electron chi connectivity index (χ3n) is 3.10. The van der Waals surface area contributed by atoms with Gasteiger partial charge in [0.15, 0.2) is 0 Å². The van der Waals surface area contributed by atoms with Crippen molar-refractivity contribution in [1.29, 1.82) is 0 Å². The number of benzene rings is 1. The van der Waals surface area contributed by atoms with E-state index in [1.54, 1.807) is 0 Å². The molecule has 0 spiro atoms. The van der Waals surface area contributed by atoms with E-state index in [-0.39, 0.29) is 0 Å². The van der Waals surface area contributed by atoms with Crippen LogP contribution in [0.1, 0.15) is 16.9 Å². The second-order valence-corrected chi connectivity index (χ2v) is 4.48. The van der Waals surface area contributed by atoms with E-state index in [2.05, 4.69) is 10.8 Å². The maximum atomic E-state index is 11.3. The van der Waals surface area contributed by atoms with Crippen molar-refractivity contribution in [3.63, 3.8) is 0 Å². The zero-order valence-corrected chi connectivity index (χ0v) is 10.8. The van der Waals surface area contributed by atoms with Crippen molar-refractivity contribution in [2.24, 2.45) is 5.73 Å². The maximum Gasteiger partial charge on any atom is 0.323 e. The number of nitrogens with two attached hydrogens (primary N) is 1. The number of rotatable bonds is 3. The Hall–Kier alpha value is -1.81. The molecule has 1 unspecified atom stereocenters. The van der Waals surface area contributed by atoms with Crippen LogP contribution in [0.2, 0.25) is 0 Å². The van der Waals surface area contributed by atoms with Crippen LogP contribution in [-0.4, -0.2) is 19.1 Å². The molecular weight excluding hydrogens is 230 g/mol. The van der Waals surface area contributed by atoms with E-state index in [1.165, 1.54) is 12.7 Å². The van der Waals surface area contributed by atoms with Crippen LogP contribution in [0.15, 0.2) is 22.6 Å². The first-order valence-corrected chi connectivity index (χ1v) is 5.85. The van der Waals surface area contributed by atoms with Crippen LogP contribution in [0.5, 0.6) is 0 Å². The van der Waals surface area contributed by atoms with Crippen LogP contribution in [0.4, 0.5) is 0 Å². The van der Waals surface area contributed by atoms with Gasteiger partial charge in [0.2, 0.25) is 0 Å². The van der Waals surface area contributed by atoms with Gasteiger partial charge in [0.05, 0.1) is 7.11 Å². The fraction of sp³-hybridized carbons (Fsp3) is 0.357. The highest BCUT2D eigenvalue weighted by atomic mass is 16.5. The number of ether oxygens (including phenoxy) is 1. The first-order valence-electron chi connectivity index (χ1n) is 5.85. The first kappa shape index (κ1) is 12.6. The number of fused-ring (bicyclic) bond motifs is 1. The first-order chi connectivity index (χ1) is 8.52. The molecule has 1 aromatic carbocycles. The van der Waals surface area contributed by atoms with Crippen molar-refractivity contribution in [3.05, 3.63) is 35.1 Å². The predicted octanol–water partition coefficient (Wildman–Crippen LogP) is 2.09. The molecule has 0 aliphatic rings. The highest BCUT2D eigenvalue weighted by molar-refractivity contribution is 5.83. The van der Waals surface area contributed by atoms with Gasteiger partial charge in [-0.3, -0.25) is 4.79 Å². The largest absolute Gasteiger partial charge is 0.468 e. The van der Waals surface area contributed by atoms with Crippen molar-refractivity contribution < 1.29 is 13.9 Å². The fourth-order valence-corrected chi connectivity index (χ4v) is 2.01. The summed E-state index contributed by atoms with van der Waals surface area (Å²) in [5.74, 6) is 0.319. The Morgan fingerprint density at radius 2 is 2.17 bits per heavy atom. The van der Waals surface area contributed by atoms with E-state index in [0.717, 1.165) is 22.3 Å². The van der Waals surface area contributed by atoms with E-state index in [9.17, 15) is 4.79 Å². The molecule has 0 radical (unpaired) electrons. The summed E-state index contributed by atoms with van der Waals surface area (Å²) in [6, 6.07) is 5.32. The zero-order valence-electron chi connectivity index (χ0n) is 10.8. The molecule has 0 amide bonds. The summed E-state index contributed by atoms with van der Waals surface area (Å²) in [7, 11) is 1.33. The van der Waals surface area contributed by atoms with Gasteiger partial charge in [-0.15, -0.1) is 0 Å². The van der Waals surface area contributed by atoms with Crippen molar-refractivity contribution >= 4 is 16.9 Å². The Balaban J connectivity index is 2.34. The quantitative estimate of drug-likeness (QED) is 0.843. The molecule has 4 nitrogen and oxygen atoms in total. The summed E-state index contributed by atoms with van der Waals surface area (Å²) >= 11 is 0. The Bertz CT molecular complexity index is 586. The number of carbonyl (C=O) groups is 1. The molecule has 0 aliphatic heterocycles. The minimum absolute atomic E-state index is 0.353. The van der Waals surface area contributed by atoms with E-state index in [1.807, 2.05) is 26.0 Å². The van der Waals surface area contributed by atoms with Crippen LogP contribution in [-0.2, 0) is 16.0 Å². The monoisotopic (exact) mass is 247 g/mol. The van der Waals surface area contributed by atoms with Gasteiger partial charge < -0.3 is 14.9 Å². The molecule has 0 fully saturated rings. The zero-order chi connectivity index (χ0) is 13.3. The van der Waals surface area contributed by atoms with Crippen LogP contribution in [0, 0.1) is 13.8 Å². The van der Waals surface area contributed by atoms with Gasteiger partial charge in [-0.1, -0.05) is 11.6 Å². The number of carbonyl (C=O) groups excluding carboxylic acids is 1. The van der Waals surface area contributed by atoms with E-state index >= 15 is 0 Å². The van der Waals surface area contributed by atoms with Gasteiger partial charge in [-0.25, -0.2) is 0 Å². The Morgan fingerprint density at radius 3 is 2.83 bits per heavy atom. The molecule has 1 atom stereocenters. The third-order valence-corrected chi connectivity index (χ3v) is 3.10. The lowest BCUT2D eigenvalue weighted by molar-refractivity contribution is -0.142. The van der Waals surface area contributed by atoms with Gasteiger partial charge in [-0.05, 0) is 31.5 Å². The number of esters is 1. The van der Waals surface area contributed by atoms with E-state index < -0.39 is 12.0 Å². The van der Waals surface area contributed by atoms with Gasteiger partial charge in [0.25, 0.3) is 0 Å². The molecule has 1 aromatic heterocycles. The van der Waals surface area contributed by atoms with Crippen molar-refractivity contribution in [2.75, 3.05) is 7.11 Å². The Kier molecular flexibility index (Phi) is 3.39. The summed E-state index contributed by atoms with van der Waals surface area (Å²) < 4.78 is 10.3. The number of methoxy groups -OCH3 is 1. The average Bonchev–Trinajstić information content (AvgIpc) is 2.65. The molecule has 2 N–H and O–H groups in total. The molecule has 4 heteroatoms. The number of hydrogen-bond acceptors (Lipinski definition) is 4. The molecular formula is C14H17NO3. The van der Waals surface area contributed by atoms with Crippen LogP contribution in [0.3, 0.4) is 0 Å². The Labute approximate surface area is 106 Å². The smallest absolute Gasteiger partial charge is 0.323 e. The molecule has 0 saturated carbocycles. The molecule has 0 aliphatic carbocycles. The second-order valence-electron chi connectivity index (χ2n) is 4.48. The molecule has 2 aromatic rings. The van der Waals surface area contributed by atoms with Gasteiger partial charge in [0, 0.05) is 11.8 Å². The predicted molar refractivity (Wildman–Crippen MR) is 69.4 cm³/mol. The van der Waals surface area contributed by atoms with Crippen molar-refractivity contribution in [3.8, 4) is 0 Å². The minimum Gasteiger partial charge on any atom is -0.468 e. The van der Waals surface area contributed by atoms with Gasteiger partial charge in [0.1, 0.15) is 17.4 Å². The average molecular weight is 247 g/mol. The third kappa shape index (κ3) is 2.24. The summed E-state index contributed by atoms with van der Waals surface area (Å²) in [6.45, 7) is 4.01. The number of aryl methyl sites for hydroxylation is 2. The maximum absolute atomic E-state index is 11.3. The molecule has 96 valence electrons. The van der Waals surface area contributed by atoms with E-state index in [0.29, 0.717) is 6.42 Å². The fourth-order valence-electron chi connectivity index (χ4n) is 2.01. The highest BCUT2D eigenvalue weighted by Crippen LogP contribution is 2.26. The van der Waals surface area contributed by atoms with Gasteiger partial charge >= 0.3 is 5.97 Å². The summed E-state index contributed by atoms with van der Waals surface area (Å²) in [6.07, 6.45) is 0.353. The molecule has 2 rings (SSSR count). The normalized spacial score (nSPS) is 12.7. The summed E-state index contributed by atoms with van der Waals surface area (Å²) in [5, 5.41) is 1.07. The summed E-state index contributed by atoms with van der Waals surface area (Å²) in [4.78, 5) is 11.3. The van der Waals surface area contributed by atoms with Crippen molar-refractivity contribution in [1.82, 2.24) is 0 Å². The van der Waals surface area contributed by atoms with Crippen LogP contribution >= 0.6 is 0 Å². The SMILES string of the molecule is COC(=O)C(N)Cc1oc2ccc(C)cc2c1C. The second kappa shape index (κ2) is 4.82. The topological polar surface area (TPSA) is 65.5 Å². The lowest BCUT2D eigenvalue weighted by Crippen LogP contribution is -2.33. The molecule has 18 heavy (non-hydrogen) atoms. The molecule has 1 heterocycles. The Morgan fingerprint density at radius 1 is 1.44 bits per heavy atom. The highest BCUT2D eigenvalue weighted by Gasteiger charge is 2.19. The molecule has 0 bridgehead atoms. The van der Waals surface area contributed by atoms with Crippen LogP contribution in [0.25, 0.3) is 11.0 Å². The van der Waals surface area contributed by atoms with Gasteiger partial charge in [-0.2, -0.15) is 0 Å². The number of furan rings is 1. The summed E-state index contributed by atoms with van der Waals surface area (Å²) in [5.41, 5.74) is 8.78. The lowest BCUT2D eigenvalue weighted by Gasteiger charge is -2.07. The van der Waals surface area contributed by atoms with Crippen molar-refractivity contribution in [2.45, 2.75) is 26.3 Å². The molecule has 0 saturated heterocycles. The van der Waals surface area contributed by atoms with E-state index in [4.69, 9.17) is 10.2 Å². The minimum atomic E-state index is -0.685. The lowest BCUT2D eigenvalue weighted by atomic mass is 10.1. The number of hydrogen-bond donors (Lipinski definition) is 1.